The number of carboxylic acid groups (broad SMARTS) is 1. The molecule has 0 spiro atoms. The molecule has 1 aliphatic heterocycles. The Labute approximate surface area is 129 Å². The zero-order valence-electron chi connectivity index (χ0n) is 13.6. The lowest BCUT2D eigenvalue weighted by Gasteiger charge is -2.10. The third-order valence-corrected chi connectivity index (χ3v) is 4.23. The predicted molar refractivity (Wildman–Crippen MR) is 86.5 cm³/mol. The average molecular weight is 296 g/mol. The minimum absolute atomic E-state index is 0.321. The van der Waals surface area contributed by atoms with Crippen molar-refractivity contribution >= 4 is 5.97 Å². The van der Waals surface area contributed by atoms with E-state index in [1.165, 1.54) is 32.1 Å². The number of aliphatic carboxylic acids is 1. The van der Waals surface area contributed by atoms with E-state index in [0.717, 1.165) is 38.5 Å². The van der Waals surface area contributed by atoms with Crippen molar-refractivity contribution in [3.8, 4) is 0 Å². The fourth-order valence-electron chi connectivity index (χ4n) is 2.88. The van der Waals surface area contributed by atoms with Gasteiger partial charge in [0.25, 0.3) is 0 Å². The van der Waals surface area contributed by atoms with Crippen molar-refractivity contribution in [3.63, 3.8) is 0 Å². The van der Waals surface area contributed by atoms with Gasteiger partial charge < -0.3 is 9.84 Å². The van der Waals surface area contributed by atoms with E-state index in [0.29, 0.717) is 18.6 Å². The van der Waals surface area contributed by atoms with Crippen LogP contribution in [0.3, 0.4) is 0 Å². The van der Waals surface area contributed by atoms with Gasteiger partial charge in [0, 0.05) is 6.42 Å². The van der Waals surface area contributed by atoms with E-state index in [9.17, 15) is 4.79 Å². The number of allylic oxidation sites excluding steroid dienone is 2. The molecule has 1 fully saturated rings. The molecule has 2 unspecified atom stereocenters. The highest BCUT2D eigenvalue weighted by Gasteiger charge is 2.22. The highest BCUT2D eigenvalue weighted by molar-refractivity contribution is 5.66. The number of carboxylic acids is 1. The molecule has 1 aliphatic rings. The Kier molecular flexibility index (Phi) is 10.2. The Morgan fingerprint density at radius 3 is 2.43 bits per heavy atom. The second-order valence-electron chi connectivity index (χ2n) is 6.11. The fourth-order valence-corrected chi connectivity index (χ4v) is 2.88. The molecular weight excluding hydrogens is 264 g/mol. The first-order valence-electron chi connectivity index (χ1n) is 8.74. The third kappa shape index (κ3) is 9.67. The number of hydrogen-bond acceptors (Lipinski definition) is 2. The minimum atomic E-state index is -0.672. The van der Waals surface area contributed by atoms with Gasteiger partial charge in [-0.15, -0.1) is 0 Å². The maximum Gasteiger partial charge on any atom is 0.303 e. The second-order valence-corrected chi connectivity index (χ2v) is 6.11. The number of unbranched alkanes of at least 4 members (excludes halogenated alkanes) is 5. The van der Waals surface area contributed by atoms with Crippen molar-refractivity contribution in [1.29, 1.82) is 0 Å². The molecular formula is C18H32O3. The molecule has 0 bridgehead atoms. The summed E-state index contributed by atoms with van der Waals surface area (Å²) in [5.41, 5.74) is 0. The van der Waals surface area contributed by atoms with Crippen molar-refractivity contribution in [2.75, 3.05) is 0 Å². The summed E-state index contributed by atoms with van der Waals surface area (Å²) in [5.74, 6) is -0.672. The van der Waals surface area contributed by atoms with Crippen LogP contribution in [0.25, 0.3) is 0 Å². The van der Waals surface area contributed by atoms with Crippen molar-refractivity contribution in [1.82, 2.24) is 0 Å². The summed E-state index contributed by atoms with van der Waals surface area (Å²) in [7, 11) is 0. The van der Waals surface area contributed by atoms with Crippen LogP contribution in [0.4, 0.5) is 0 Å². The lowest BCUT2D eigenvalue weighted by atomic mass is 10.1. The van der Waals surface area contributed by atoms with Gasteiger partial charge >= 0.3 is 5.97 Å². The zero-order valence-corrected chi connectivity index (χ0v) is 13.6. The number of carbonyl (C=O) groups is 1. The lowest BCUT2D eigenvalue weighted by Crippen LogP contribution is -2.09. The van der Waals surface area contributed by atoms with E-state index >= 15 is 0 Å². The van der Waals surface area contributed by atoms with E-state index in [1.54, 1.807) is 0 Å². The SMILES string of the molecule is CCC1CCC(CC/C=C\CCCCCCCC(=O)O)O1. The molecule has 0 aliphatic carbocycles. The highest BCUT2D eigenvalue weighted by Crippen LogP contribution is 2.24. The van der Waals surface area contributed by atoms with Crippen LogP contribution in [0, 0.1) is 0 Å². The summed E-state index contributed by atoms with van der Waals surface area (Å²) in [6.07, 6.45) is 18.5. The zero-order chi connectivity index (χ0) is 15.3. The molecule has 0 amide bonds. The molecule has 1 saturated heterocycles. The normalized spacial score (nSPS) is 22.1. The van der Waals surface area contributed by atoms with Gasteiger partial charge in [-0.2, -0.15) is 0 Å². The van der Waals surface area contributed by atoms with Gasteiger partial charge in [0.2, 0.25) is 0 Å². The van der Waals surface area contributed by atoms with Gasteiger partial charge in [-0.05, 0) is 51.4 Å². The standard InChI is InChI=1S/C18H32O3/c1-2-16-14-15-17(21-16)12-10-8-6-4-3-5-7-9-11-13-18(19)20/h6,8,16-17H,2-5,7,9-15H2,1H3,(H,19,20)/b8-6-. The molecule has 0 aromatic heterocycles. The Hall–Kier alpha value is -0.830. The second kappa shape index (κ2) is 11.8. The van der Waals surface area contributed by atoms with Crippen LogP contribution < -0.4 is 0 Å². The van der Waals surface area contributed by atoms with Crippen LogP contribution in [0.2, 0.25) is 0 Å². The van der Waals surface area contributed by atoms with Gasteiger partial charge in [-0.3, -0.25) is 4.79 Å². The van der Waals surface area contributed by atoms with E-state index < -0.39 is 5.97 Å². The molecule has 0 aromatic carbocycles. The Morgan fingerprint density at radius 2 is 1.71 bits per heavy atom. The summed E-state index contributed by atoms with van der Waals surface area (Å²) < 4.78 is 5.93. The smallest absolute Gasteiger partial charge is 0.303 e. The quantitative estimate of drug-likeness (QED) is 0.403. The third-order valence-electron chi connectivity index (χ3n) is 4.23. The van der Waals surface area contributed by atoms with Gasteiger partial charge in [0.05, 0.1) is 12.2 Å². The summed E-state index contributed by atoms with van der Waals surface area (Å²) in [6, 6.07) is 0. The predicted octanol–water partition coefficient (Wildman–Crippen LogP) is 5.10. The average Bonchev–Trinajstić information content (AvgIpc) is 2.92. The molecule has 0 saturated carbocycles. The fraction of sp³-hybridized carbons (Fsp3) is 0.833. The van der Waals surface area contributed by atoms with Crippen LogP contribution in [-0.2, 0) is 9.53 Å². The van der Waals surface area contributed by atoms with E-state index in [-0.39, 0.29) is 0 Å². The summed E-state index contributed by atoms with van der Waals surface area (Å²) in [5, 5.41) is 8.53. The molecule has 3 heteroatoms. The van der Waals surface area contributed by atoms with E-state index in [4.69, 9.17) is 9.84 Å². The monoisotopic (exact) mass is 296 g/mol. The molecule has 0 aromatic rings. The maximum atomic E-state index is 10.3. The Balaban J connectivity index is 1.84. The van der Waals surface area contributed by atoms with Crippen molar-refractivity contribution < 1.29 is 14.6 Å². The summed E-state index contributed by atoms with van der Waals surface area (Å²) >= 11 is 0. The molecule has 21 heavy (non-hydrogen) atoms. The first-order chi connectivity index (χ1) is 10.2. The summed E-state index contributed by atoms with van der Waals surface area (Å²) in [6.45, 7) is 2.20. The van der Waals surface area contributed by atoms with Gasteiger partial charge in [0.15, 0.2) is 0 Å². The topological polar surface area (TPSA) is 46.5 Å². The van der Waals surface area contributed by atoms with E-state index in [1.807, 2.05) is 0 Å². The van der Waals surface area contributed by atoms with E-state index in [2.05, 4.69) is 19.1 Å². The molecule has 1 N–H and O–H groups in total. The van der Waals surface area contributed by atoms with Crippen LogP contribution in [0.15, 0.2) is 12.2 Å². The van der Waals surface area contributed by atoms with Crippen molar-refractivity contribution in [3.05, 3.63) is 12.2 Å². The maximum absolute atomic E-state index is 10.3. The molecule has 3 nitrogen and oxygen atoms in total. The van der Waals surface area contributed by atoms with Crippen LogP contribution in [-0.4, -0.2) is 23.3 Å². The highest BCUT2D eigenvalue weighted by atomic mass is 16.5. The van der Waals surface area contributed by atoms with Crippen LogP contribution in [0.1, 0.15) is 84.0 Å². The van der Waals surface area contributed by atoms with Gasteiger partial charge in [-0.1, -0.05) is 38.3 Å². The number of rotatable bonds is 12. The first-order valence-corrected chi connectivity index (χ1v) is 8.74. The molecule has 2 atom stereocenters. The Morgan fingerprint density at radius 1 is 1.05 bits per heavy atom. The lowest BCUT2D eigenvalue weighted by molar-refractivity contribution is -0.137. The van der Waals surface area contributed by atoms with Crippen molar-refractivity contribution in [2.45, 2.75) is 96.2 Å². The number of hydrogen-bond donors (Lipinski definition) is 1. The van der Waals surface area contributed by atoms with Crippen molar-refractivity contribution in [2.24, 2.45) is 0 Å². The molecule has 122 valence electrons. The minimum Gasteiger partial charge on any atom is -0.481 e. The first kappa shape index (κ1) is 18.2. The summed E-state index contributed by atoms with van der Waals surface area (Å²) in [4.78, 5) is 10.3. The van der Waals surface area contributed by atoms with Crippen LogP contribution in [0.5, 0.6) is 0 Å². The van der Waals surface area contributed by atoms with Gasteiger partial charge in [-0.25, -0.2) is 0 Å². The van der Waals surface area contributed by atoms with Gasteiger partial charge in [0.1, 0.15) is 0 Å². The van der Waals surface area contributed by atoms with Crippen LogP contribution >= 0.6 is 0 Å². The number of ether oxygens (including phenoxy) is 1. The largest absolute Gasteiger partial charge is 0.481 e. The molecule has 1 rings (SSSR count). The molecule has 0 radical (unpaired) electrons. The molecule has 1 heterocycles. The Bertz CT molecular complexity index is 299.